The fourth-order valence-electron chi connectivity index (χ4n) is 1.65. The monoisotopic (exact) mass is 213 g/mol. The molecule has 14 heavy (non-hydrogen) atoms. The van der Waals surface area contributed by atoms with E-state index in [1.165, 1.54) is 0 Å². The summed E-state index contributed by atoms with van der Waals surface area (Å²) in [6.07, 6.45) is 0.694. The van der Waals surface area contributed by atoms with Gasteiger partial charge < -0.3 is 5.11 Å². The van der Waals surface area contributed by atoms with Crippen LogP contribution in [-0.4, -0.2) is 10.1 Å². The van der Waals surface area contributed by atoms with Crippen LogP contribution < -0.4 is 0 Å². The lowest BCUT2D eigenvalue weighted by Crippen LogP contribution is -2.39. The number of aliphatic hydroxyl groups is 1. The predicted molar refractivity (Wildman–Crippen MR) is 60.5 cm³/mol. The van der Waals surface area contributed by atoms with Crippen LogP contribution in [-0.2, 0) is 5.60 Å². The van der Waals surface area contributed by atoms with Gasteiger partial charge in [0.25, 0.3) is 0 Å². The van der Waals surface area contributed by atoms with Crippen molar-refractivity contribution in [2.45, 2.75) is 46.6 Å². The number of hydrogen-bond acceptors (Lipinski definition) is 3. The molecule has 3 heteroatoms. The van der Waals surface area contributed by atoms with E-state index in [9.17, 15) is 5.11 Å². The summed E-state index contributed by atoms with van der Waals surface area (Å²) in [5.74, 6) is 0. The van der Waals surface area contributed by atoms with Crippen LogP contribution in [0.3, 0.4) is 0 Å². The van der Waals surface area contributed by atoms with E-state index < -0.39 is 5.60 Å². The van der Waals surface area contributed by atoms with Gasteiger partial charge in [-0.15, -0.1) is 11.3 Å². The van der Waals surface area contributed by atoms with Gasteiger partial charge >= 0.3 is 0 Å². The minimum absolute atomic E-state index is 0.178. The fourth-order valence-corrected chi connectivity index (χ4v) is 2.33. The van der Waals surface area contributed by atoms with Crippen molar-refractivity contribution in [1.82, 2.24) is 4.98 Å². The zero-order chi connectivity index (χ0) is 11.0. The lowest BCUT2D eigenvalue weighted by atomic mass is 9.73. The maximum Gasteiger partial charge on any atom is 0.112 e. The van der Waals surface area contributed by atoms with Crippen LogP contribution >= 0.6 is 11.3 Å². The lowest BCUT2D eigenvalue weighted by molar-refractivity contribution is -0.0705. The summed E-state index contributed by atoms with van der Waals surface area (Å²) in [6.45, 7) is 10.1. The largest absolute Gasteiger partial charge is 0.383 e. The Morgan fingerprint density at radius 2 is 2.00 bits per heavy atom. The number of thiazole rings is 1. The van der Waals surface area contributed by atoms with Crippen molar-refractivity contribution in [3.05, 3.63) is 16.1 Å². The molecule has 1 rings (SSSR count). The SMILES string of the molecule is CCC(O)(c1csc(C)n1)C(C)(C)C. The molecule has 0 aliphatic heterocycles. The van der Waals surface area contributed by atoms with Gasteiger partial charge in [-0.3, -0.25) is 0 Å². The molecule has 0 saturated heterocycles. The van der Waals surface area contributed by atoms with Crippen LogP contribution in [0.2, 0.25) is 0 Å². The summed E-state index contributed by atoms with van der Waals surface area (Å²) in [5, 5.41) is 13.6. The molecule has 0 aliphatic rings. The maximum absolute atomic E-state index is 10.6. The zero-order valence-corrected chi connectivity index (χ0v) is 10.4. The topological polar surface area (TPSA) is 33.1 Å². The molecular formula is C11H19NOS. The zero-order valence-electron chi connectivity index (χ0n) is 9.59. The van der Waals surface area contributed by atoms with Gasteiger partial charge in [-0.05, 0) is 18.8 Å². The van der Waals surface area contributed by atoms with Crippen LogP contribution in [0.5, 0.6) is 0 Å². The number of nitrogens with zero attached hydrogens (tertiary/aromatic N) is 1. The highest BCUT2D eigenvalue weighted by molar-refractivity contribution is 7.09. The first-order chi connectivity index (χ1) is 6.31. The maximum atomic E-state index is 10.6. The summed E-state index contributed by atoms with van der Waals surface area (Å²) in [7, 11) is 0. The molecule has 0 aromatic carbocycles. The number of aromatic nitrogens is 1. The van der Waals surface area contributed by atoms with E-state index in [4.69, 9.17) is 0 Å². The van der Waals surface area contributed by atoms with E-state index in [0.29, 0.717) is 6.42 Å². The normalized spacial score (nSPS) is 16.7. The second-order valence-electron chi connectivity index (χ2n) is 4.72. The first-order valence-electron chi connectivity index (χ1n) is 4.96. The average molecular weight is 213 g/mol. The Kier molecular flexibility index (Phi) is 3.02. The van der Waals surface area contributed by atoms with Crippen LogP contribution in [0.1, 0.15) is 44.8 Å². The third kappa shape index (κ3) is 1.84. The van der Waals surface area contributed by atoms with Gasteiger partial charge in [0.15, 0.2) is 0 Å². The van der Waals surface area contributed by atoms with E-state index in [1.54, 1.807) is 11.3 Å². The average Bonchev–Trinajstić information content (AvgIpc) is 2.48. The Bertz CT molecular complexity index is 313. The Balaban J connectivity index is 3.14. The van der Waals surface area contributed by atoms with Gasteiger partial charge in [-0.25, -0.2) is 4.98 Å². The molecule has 0 radical (unpaired) electrons. The molecule has 0 aliphatic carbocycles. The van der Waals surface area contributed by atoms with Crippen molar-refractivity contribution >= 4 is 11.3 Å². The smallest absolute Gasteiger partial charge is 0.112 e. The van der Waals surface area contributed by atoms with Gasteiger partial charge in [0, 0.05) is 5.38 Å². The van der Waals surface area contributed by atoms with Crippen molar-refractivity contribution in [1.29, 1.82) is 0 Å². The van der Waals surface area contributed by atoms with Crippen molar-refractivity contribution in [2.24, 2.45) is 5.41 Å². The van der Waals surface area contributed by atoms with Crippen molar-refractivity contribution in [2.75, 3.05) is 0 Å². The molecule has 0 bridgehead atoms. The summed E-state index contributed by atoms with van der Waals surface area (Å²) < 4.78 is 0. The highest BCUT2D eigenvalue weighted by Crippen LogP contribution is 2.41. The third-order valence-corrected chi connectivity index (χ3v) is 3.57. The van der Waals surface area contributed by atoms with Gasteiger partial charge in [-0.1, -0.05) is 27.7 Å². The molecule has 1 aromatic heterocycles. The molecule has 1 aromatic rings. The molecule has 80 valence electrons. The minimum atomic E-state index is -0.808. The molecule has 0 fully saturated rings. The van der Waals surface area contributed by atoms with E-state index in [-0.39, 0.29) is 5.41 Å². The Hall–Kier alpha value is -0.410. The van der Waals surface area contributed by atoms with Crippen molar-refractivity contribution in [3.63, 3.8) is 0 Å². The summed E-state index contributed by atoms with van der Waals surface area (Å²) >= 11 is 1.59. The Labute approximate surface area is 90.0 Å². The molecule has 0 amide bonds. The fraction of sp³-hybridized carbons (Fsp3) is 0.727. The highest BCUT2D eigenvalue weighted by atomic mass is 32.1. The van der Waals surface area contributed by atoms with Gasteiger partial charge in [0.2, 0.25) is 0 Å². The Morgan fingerprint density at radius 1 is 1.43 bits per heavy atom. The second kappa shape index (κ2) is 3.63. The third-order valence-electron chi connectivity index (χ3n) is 2.80. The van der Waals surface area contributed by atoms with Crippen LogP contribution in [0, 0.1) is 12.3 Å². The van der Waals surface area contributed by atoms with Gasteiger partial charge in [-0.2, -0.15) is 0 Å². The van der Waals surface area contributed by atoms with Crippen LogP contribution in [0.15, 0.2) is 5.38 Å². The number of rotatable bonds is 2. The van der Waals surface area contributed by atoms with Crippen LogP contribution in [0.4, 0.5) is 0 Å². The predicted octanol–water partition coefficient (Wildman–Crippen LogP) is 3.10. The summed E-state index contributed by atoms with van der Waals surface area (Å²) in [4.78, 5) is 4.39. The quantitative estimate of drug-likeness (QED) is 0.819. The standard InChI is InChI=1S/C11H19NOS/c1-6-11(13,10(3,4)5)9-7-14-8(2)12-9/h7,13H,6H2,1-5H3. The number of hydrogen-bond donors (Lipinski definition) is 1. The highest BCUT2D eigenvalue weighted by Gasteiger charge is 2.41. The van der Waals surface area contributed by atoms with Crippen molar-refractivity contribution < 1.29 is 5.11 Å². The van der Waals surface area contributed by atoms with E-state index in [0.717, 1.165) is 10.7 Å². The molecule has 0 saturated carbocycles. The molecular weight excluding hydrogens is 194 g/mol. The molecule has 1 N–H and O–H groups in total. The van der Waals surface area contributed by atoms with E-state index in [2.05, 4.69) is 4.98 Å². The second-order valence-corrected chi connectivity index (χ2v) is 5.78. The molecule has 1 heterocycles. The number of aryl methyl sites for hydroxylation is 1. The van der Waals surface area contributed by atoms with Gasteiger partial charge in [0.1, 0.15) is 5.60 Å². The molecule has 1 atom stereocenters. The van der Waals surface area contributed by atoms with E-state index >= 15 is 0 Å². The van der Waals surface area contributed by atoms with Crippen LogP contribution in [0.25, 0.3) is 0 Å². The summed E-state index contributed by atoms with van der Waals surface area (Å²) in [5.41, 5.74) is -0.171. The van der Waals surface area contributed by atoms with Crippen molar-refractivity contribution in [3.8, 4) is 0 Å². The summed E-state index contributed by atoms with van der Waals surface area (Å²) in [6, 6.07) is 0. The lowest BCUT2D eigenvalue weighted by Gasteiger charge is -2.38. The Morgan fingerprint density at radius 3 is 2.29 bits per heavy atom. The first-order valence-corrected chi connectivity index (χ1v) is 5.84. The first kappa shape index (κ1) is 11.7. The molecule has 1 unspecified atom stereocenters. The molecule has 0 spiro atoms. The minimum Gasteiger partial charge on any atom is -0.383 e. The molecule has 2 nitrogen and oxygen atoms in total. The van der Waals surface area contributed by atoms with Gasteiger partial charge in [0.05, 0.1) is 10.7 Å². The van der Waals surface area contributed by atoms with E-state index in [1.807, 2.05) is 40.0 Å².